The third-order valence-corrected chi connectivity index (χ3v) is 5.83. The van der Waals surface area contributed by atoms with Gasteiger partial charge in [-0.05, 0) is 54.5 Å². The zero-order chi connectivity index (χ0) is 21.2. The Morgan fingerprint density at radius 1 is 1.14 bits per heavy atom. The fraction of sp³-hybridized carbons (Fsp3) is 0.417. The third kappa shape index (κ3) is 4.99. The van der Waals surface area contributed by atoms with Crippen molar-refractivity contribution in [2.75, 3.05) is 18.4 Å². The molecule has 2 aromatic carbocycles. The van der Waals surface area contributed by atoms with Crippen LogP contribution in [0.5, 0.6) is 0 Å². The van der Waals surface area contributed by atoms with Crippen molar-refractivity contribution in [1.82, 2.24) is 4.90 Å². The number of rotatable bonds is 3. The molecule has 3 rings (SSSR count). The van der Waals surface area contributed by atoms with E-state index in [1.54, 1.807) is 11.0 Å². The maximum atomic E-state index is 13.0. The average molecular weight is 413 g/mol. The average Bonchev–Trinajstić information content (AvgIpc) is 2.67. The summed E-state index contributed by atoms with van der Waals surface area (Å²) in [5.74, 6) is -0.362. The molecule has 1 aliphatic rings. The van der Waals surface area contributed by atoms with Crippen molar-refractivity contribution in [2.24, 2.45) is 5.92 Å². The van der Waals surface area contributed by atoms with Crippen LogP contribution >= 0.6 is 11.6 Å². The SMILES string of the molecule is Cc1cccc(Cl)c1C(=O)N1CCC[C@H](C(=O)Nc2cccc(C(C)(C)C)c2)C1. The molecule has 29 heavy (non-hydrogen) atoms. The molecule has 4 nitrogen and oxygen atoms in total. The number of anilines is 1. The second-order valence-corrected chi connectivity index (χ2v) is 9.25. The predicted molar refractivity (Wildman–Crippen MR) is 119 cm³/mol. The number of piperidine rings is 1. The topological polar surface area (TPSA) is 49.4 Å². The standard InChI is InChI=1S/C24H29ClN2O2/c1-16-8-5-12-20(25)21(16)23(29)27-13-7-9-17(15-27)22(28)26-19-11-6-10-18(14-19)24(2,3)4/h5-6,8,10-12,14,17H,7,9,13,15H2,1-4H3,(H,26,28)/t17-/m0/s1. The molecule has 0 aliphatic carbocycles. The molecule has 154 valence electrons. The molecule has 0 unspecified atom stereocenters. The van der Waals surface area contributed by atoms with Gasteiger partial charge < -0.3 is 10.2 Å². The van der Waals surface area contributed by atoms with Gasteiger partial charge in [-0.15, -0.1) is 0 Å². The zero-order valence-corrected chi connectivity index (χ0v) is 18.3. The number of carbonyl (C=O) groups excluding carboxylic acids is 2. The van der Waals surface area contributed by atoms with E-state index in [0.29, 0.717) is 23.7 Å². The van der Waals surface area contributed by atoms with Gasteiger partial charge in [-0.1, -0.05) is 56.6 Å². The van der Waals surface area contributed by atoms with Crippen molar-refractivity contribution in [1.29, 1.82) is 0 Å². The highest BCUT2D eigenvalue weighted by Crippen LogP contribution is 2.27. The first-order valence-electron chi connectivity index (χ1n) is 10.1. The van der Waals surface area contributed by atoms with Gasteiger partial charge >= 0.3 is 0 Å². The molecule has 1 saturated heterocycles. The zero-order valence-electron chi connectivity index (χ0n) is 17.6. The predicted octanol–water partition coefficient (Wildman–Crippen LogP) is 5.44. The van der Waals surface area contributed by atoms with E-state index in [0.717, 1.165) is 24.1 Å². The van der Waals surface area contributed by atoms with Crippen LogP contribution in [0.3, 0.4) is 0 Å². The number of benzene rings is 2. The van der Waals surface area contributed by atoms with Crippen molar-refractivity contribution in [2.45, 2.75) is 46.0 Å². The molecule has 1 heterocycles. The second-order valence-electron chi connectivity index (χ2n) is 8.84. The number of halogens is 1. The maximum absolute atomic E-state index is 13.0. The van der Waals surface area contributed by atoms with E-state index in [2.05, 4.69) is 32.2 Å². The van der Waals surface area contributed by atoms with Crippen LogP contribution in [0.15, 0.2) is 42.5 Å². The normalized spacial score (nSPS) is 17.1. The van der Waals surface area contributed by atoms with Gasteiger partial charge in [-0.2, -0.15) is 0 Å². The van der Waals surface area contributed by atoms with Gasteiger partial charge in [0.25, 0.3) is 5.91 Å². The number of hydrogen-bond acceptors (Lipinski definition) is 2. The van der Waals surface area contributed by atoms with Crippen molar-refractivity contribution in [3.05, 3.63) is 64.2 Å². The highest BCUT2D eigenvalue weighted by atomic mass is 35.5. The first kappa shape index (κ1) is 21.4. The third-order valence-electron chi connectivity index (χ3n) is 5.51. The molecule has 0 radical (unpaired) electrons. The molecule has 1 atom stereocenters. The smallest absolute Gasteiger partial charge is 0.255 e. The van der Waals surface area contributed by atoms with Crippen LogP contribution in [0.4, 0.5) is 5.69 Å². The Balaban J connectivity index is 1.71. The van der Waals surface area contributed by atoms with Gasteiger partial charge in [-0.3, -0.25) is 9.59 Å². The molecule has 5 heteroatoms. The number of carbonyl (C=O) groups is 2. The molecule has 1 fully saturated rings. The summed E-state index contributed by atoms with van der Waals surface area (Å²) in [6, 6.07) is 13.4. The lowest BCUT2D eigenvalue weighted by Crippen LogP contribution is -2.44. The number of amides is 2. The van der Waals surface area contributed by atoms with Crippen LogP contribution in [-0.2, 0) is 10.2 Å². The summed E-state index contributed by atoms with van der Waals surface area (Å²) in [5, 5.41) is 3.50. The van der Waals surface area contributed by atoms with Gasteiger partial charge in [0.2, 0.25) is 5.91 Å². The second kappa shape index (κ2) is 8.58. The Kier molecular flexibility index (Phi) is 6.33. The van der Waals surface area contributed by atoms with E-state index in [9.17, 15) is 9.59 Å². The quantitative estimate of drug-likeness (QED) is 0.729. The Morgan fingerprint density at radius 2 is 1.86 bits per heavy atom. The molecule has 1 N–H and O–H groups in total. The van der Waals surface area contributed by atoms with Crippen LogP contribution in [-0.4, -0.2) is 29.8 Å². The number of nitrogens with one attached hydrogen (secondary N) is 1. The molecule has 2 aromatic rings. The number of nitrogens with zero attached hydrogens (tertiary/aromatic N) is 1. The van der Waals surface area contributed by atoms with E-state index in [4.69, 9.17) is 11.6 Å². The van der Waals surface area contributed by atoms with Crippen LogP contribution in [0.2, 0.25) is 5.02 Å². The summed E-state index contributed by atoms with van der Waals surface area (Å²) in [4.78, 5) is 27.7. The van der Waals surface area contributed by atoms with Crippen LogP contribution < -0.4 is 5.32 Å². The summed E-state index contributed by atoms with van der Waals surface area (Å²) >= 11 is 6.27. The fourth-order valence-electron chi connectivity index (χ4n) is 3.74. The highest BCUT2D eigenvalue weighted by molar-refractivity contribution is 6.34. The first-order chi connectivity index (χ1) is 13.7. The van der Waals surface area contributed by atoms with Crippen molar-refractivity contribution >= 4 is 29.1 Å². The molecule has 0 aromatic heterocycles. The van der Waals surface area contributed by atoms with Crippen LogP contribution in [0, 0.1) is 12.8 Å². The summed E-state index contributed by atoms with van der Waals surface area (Å²) in [6.45, 7) is 9.39. The molecular weight excluding hydrogens is 384 g/mol. The lowest BCUT2D eigenvalue weighted by molar-refractivity contribution is -0.121. The summed E-state index contributed by atoms with van der Waals surface area (Å²) in [6.07, 6.45) is 1.57. The number of aryl methyl sites for hydroxylation is 1. The Hall–Kier alpha value is -2.33. The van der Waals surface area contributed by atoms with E-state index in [-0.39, 0.29) is 23.1 Å². The van der Waals surface area contributed by atoms with E-state index < -0.39 is 0 Å². The van der Waals surface area contributed by atoms with Crippen LogP contribution in [0.25, 0.3) is 0 Å². The van der Waals surface area contributed by atoms with E-state index in [1.165, 1.54) is 5.56 Å². The van der Waals surface area contributed by atoms with Crippen molar-refractivity contribution < 1.29 is 9.59 Å². The van der Waals surface area contributed by atoms with Gasteiger partial charge in [0, 0.05) is 18.8 Å². The summed E-state index contributed by atoms with van der Waals surface area (Å²) < 4.78 is 0. The molecule has 2 amide bonds. The minimum Gasteiger partial charge on any atom is -0.338 e. The van der Waals surface area contributed by atoms with Gasteiger partial charge in [-0.25, -0.2) is 0 Å². The lowest BCUT2D eigenvalue weighted by atomic mass is 9.87. The molecular formula is C24H29ClN2O2. The Morgan fingerprint density at radius 3 is 2.55 bits per heavy atom. The van der Waals surface area contributed by atoms with Gasteiger partial charge in [0.15, 0.2) is 0 Å². The largest absolute Gasteiger partial charge is 0.338 e. The summed E-state index contributed by atoms with van der Waals surface area (Å²) in [7, 11) is 0. The molecule has 0 saturated carbocycles. The molecule has 0 bridgehead atoms. The lowest BCUT2D eigenvalue weighted by Gasteiger charge is -2.32. The van der Waals surface area contributed by atoms with Crippen molar-refractivity contribution in [3.63, 3.8) is 0 Å². The van der Waals surface area contributed by atoms with Gasteiger partial charge in [0.1, 0.15) is 0 Å². The fourth-order valence-corrected chi connectivity index (χ4v) is 4.05. The van der Waals surface area contributed by atoms with Crippen LogP contribution in [0.1, 0.15) is 55.1 Å². The first-order valence-corrected chi connectivity index (χ1v) is 10.5. The Bertz CT molecular complexity index is 897. The van der Waals surface area contributed by atoms with E-state index >= 15 is 0 Å². The van der Waals surface area contributed by atoms with Gasteiger partial charge in [0.05, 0.1) is 16.5 Å². The van der Waals surface area contributed by atoms with E-state index in [1.807, 2.05) is 37.3 Å². The minimum absolute atomic E-state index is 0.0155. The van der Waals surface area contributed by atoms with Crippen molar-refractivity contribution in [3.8, 4) is 0 Å². The maximum Gasteiger partial charge on any atom is 0.255 e. The Labute approximate surface area is 178 Å². The monoisotopic (exact) mass is 412 g/mol. The minimum atomic E-state index is -0.228. The molecule has 0 spiro atoms. The molecule has 1 aliphatic heterocycles. The summed E-state index contributed by atoms with van der Waals surface area (Å²) in [5.41, 5.74) is 3.38. The number of likely N-dealkylation sites (tertiary alicyclic amines) is 1. The number of hydrogen-bond donors (Lipinski definition) is 1. The highest BCUT2D eigenvalue weighted by Gasteiger charge is 2.30.